The van der Waals surface area contributed by atoms with E-state index >= 15 is 0 Å². The van der Waals surface area contributed by atoms with Gasteiger partial charge in [-0.25, -0.2) is 4.79 Å². The highest BCUT2D eigenvalue weighted by Crippen LogP contribution is 2.21. The number of carboxylic acids is 1. The summed E-state index contributed by atoms with van der Waals surface area (Å²) in [5.41, 5.74) is 1.19. The first-order valence-corrected chi connectivity index (χ1v) is 6.34. The van der Waals surface area contributed by atoms with Gasteiger partial charge in [-0.15, -0.1) is 0 Å². The molecular weight excluding hydrogens is 246 g/mol. The molecule has 1 aliphatic heterocycles. The van der Waals surface area contributed by atoms with Crippen molar-refractivity contribution in [1.82, 2.24) is 4.90 Å². The van der Waals surface area contributed by atoms with Gasteiger partial charge in [-0.05, 0) is 24.6 Å². The third-order valence-electron chi connectivity index (χ3n) is 3.39. The zero-order chi connectivity index (χ0) is 13.8. The number of aromatic carboxylic acids is 1. The van der Waals surface area contributed by atoms with Gasteiger partial charge >= 0.3 is 5.97 Å². The smallest absolute Gasteiger partial charge is 0.339 e. The van der Waals surface area contributed by atoms with Crippen molar-refractivity contribution in [2.45, 2.75) is 19.5 Å². The zero-order valence-electron chi connectivity index (χ0n) is 11.3. The largest absolute Gasteiger partial charge is 0.496 e. The van der Waals surface area contributed by atoms with Crippen molar-refractivity contribution in [3.63, 3.8) is 0 Å². The Balaban J connectivity index is 2.16. The molecule has 104 valence electrons. The van der Waals surface area contributed by atoms with Crippen LogP contribution in [0.5, 0.6) is 5.75 Å². The minimum atomic E-state index is -0.964. The van der Waals surface area contributed by atoms with E-state index in [1.165, 1.54) is 7.11 Å². The SMILES string of the molecule is COc1ccc(CN2CCOCC2C)cc1C(=O)O. The lowest BCUT2D eigenvalue weighted by Crippen LogP contribution is -2.42. The Kier molecular flexibility index (Phi) is 4.39. The van der Waals surface area contributed by atoms with Crippen molar-refractivity contribution in [2.75, 3.05) is 26.9 Å². The van der Waals surface area contributed by atoms with E-state index < -0.39 is 5.97 Å². The summed E-state index contributed by atoms with van der Waals surface area (Å²) in [6.45, 7) is 5.17. The molecule has 0 bridgehead atoms. The molecular formula is C14H19NO4. The van der Waals surface area contributed by atoms with E-state index in [0.717, 1.165) is 31.9 Å². The minimum Gasteiger partial charge on any atom is -0.496 e. The van der Waals surface area contributed by atoms with Gasteiger partial charge in [0.05, 0.1) is 20.3 Å². The Hall–Kier alpha value is -1.59. The van der Waals surface area contributed by atoms with Gasteiger partial charge in [0.1, 0.15) is 11.3 Å². The highest BCUT2D eigenvalue weighted by atomic mass is 16.5. The van der Waals surface area contributed by atoms with Gasteiger partial charge in [0, 0.05) is 19.1 Å². The molecule has 1 N–H and O–H groups in total. The van der Waals surface area contributed by atoms with E-state index in [0.29, 0.717) is 11.8 Å². The molecule has 1 aromatic rings. The fourth-order valence-corrected chi connectivity index (χ4v) is 2.25. The van der Waals surface area contributed by atoms with E-state index in [2.05, 4.69) is 11.8 Å². The number of rotatable bonds is 4. The molecule has 1 saturated heterocycles. The Morgan fingerprint density at radius 3 is 3.00 bits per heavy atom. The summed E-state index contributed by atoms with van der Waals surface area (Å²) in [6.07, 6.45) is 0. The van der Waals surface area contributed by atoms with E-state index in [9.17, 15) is 4.79 Å². The first kappa shape index (κ1) is 13.8. The molecule has 1 aromatic carbocycles. The Morgan fingerprint density at radius 1 is 1.58 bits per heavy atom. The number of ether oxygens (including phenoxy) is 2. The molecule has 1 atom stereocenters. The molecule has 0 spiro atoms. The second kappa shape index (κ2) is 6.04. The third kappa shape index (κ3) is 3.24. The van der Waals surface area contributed by atoms with Gasteiger partial charge in [-0.2, -0.15) is 0 Å². The summed E-state index contributed by atoms with van der Waals surface area (Å²) < 4.78 is 10.5. The van der Waals surface area contributed by atoms with E-state index in [4.69, 9.17) is 14.6 Å². The molecule has 1 fully saturated rings. The molecule has 1 aliphatic rings. The van der Waals surface area contributed by atoms with Crippen molar-refractivity contribution in [3.05, 3.63) is 29.3 Å². The summed E-state index contributed by atoms with van der Waals surface area (Å²) in [4.78, 5) is 13.5. The molecule has 0 aromatic heterocycles. The topological polar surface area (TPSA) is 59.0 Å². The number of benzene rings is 1. The first-order valence-electron chi connectivity index (χ1n) is 6.34. The maximum Gasteiger partial charge on any atom is 0.339 e. The molecule has 5 nitrogen and oxygen atoms in total. The summed E-state index contributed by atoms with van der Waals surface area (Å²) in [5, 5.41) is 9.17. The van der Waals surface area contributed by atoms with Crippen molar-refractivity contribution >= 4 is 5.97 Å². The number of carboxylic acid groups (broad SMARTS) is 1. The van der Waals surface area contributed by atoms with Gasteiger partial charge in [0.15, 0.2) is 0 Å². The summed E-state index contributed by atoms with van der Waals surface area (Å²) in [6, 6.07) is 5.66. The fourth-order valence-electron chi connectivity index (χ4n) is 2.25. The molecule has 0 radical (unpaired) electrons. The van der Waals surface area contributed by atoms with Crippen LogP contribution < -0.4 is 4.74 Å². The quantitative estimate of drug-likeness (QED) is 0.896. The van der Waals surface area contributed by atoms with Crippen LogP contribution in [0.3, 0.4) is 0 Å². The van der Waals surface area contributed by atoms with Crippen LogP contribution in [0.1, 0.15) is 22.8 Å². The number of hydrogen-bond donors (Lipinski definition) is 1. The fraction of sp³-hybridized carbons (Fsp3) is 0.500. The molecule has 2 rings (SSSR count). The lowest BCUT2D eigenvalue weighted by atomic mass is 10.1. The van der Waals surface area contributed by atoms with Gasteiger partial charge < -0.3 is 14.6 Å². The Labute approximate surface area is 112 Å². The first-order chi connectivity index (χ1) is 9.11. The second-order valence-corrected chi connectivity index (χ2v) is 4.73. The summed E-state index contributed by atoms with van der Waals surface area (Å²) in [5.74, 6) is -0.569. The Morgan fingerprint density at radius 2 is 2.37 bits per heavy atom. The van der Waals surface area contributed by atoms with Crippen molar-refractivity contribution in [1.29, 1.82) is 0 Å². The Bertz CT molecular complexity index is 461. The van der Waals surface area contributed by atoms with Crippen LogP contribution in [0.25, 0.3) is 0 Å². The van der Waals surface area contributed by atoms with Crippen molar-refractivity contribution in [3.8, 4) is 5.75 Å². The van der Waals surface area contributed by atoms with Crippen LogP contribution in [0.2, 0.25) is 0 Å². The molecule has 0 aliphatic carbocycles. The normalized spacial score (nSPS) is 20.2. The summed E-state index contributed by atoms with van der Waals surface area (Å²) in [7, 11) is 1.48. The number of hydrogen-bond acceptors (Lipinski definition) is 4. The molecule has 19 heavy (non-hydrogen) atoms. The van der Waals surface area contributed by atoms with Crippen LogP contribution in [-0.4, -0.2) is 48.9 Å². The second-order valence-electron chi connectivity index (χ2n) is 4.73. The standard InChI is InChI=1S/C14H19NO4/c1-10-9-19-6-5-15(10)8-11-3-4-13(18-2)12(7-11)14(16)17/h3-4,7,10H,5-6,8-9H2,1-2H3,(H,16,17). The average Bonchev–Trinajstić information content (AvgIpc) is 2.41. The highest BCUT2D eigenvalue weighted by Gasteiger charge is 2.20. The predicted octanol–water partition coefficient (Wildman–Crippen LogP) is 1.61. The van der Waals surface area contributed by atoms with Crippen LogP contribution in [0, 0.1) is 0 Å². The number of carbonyl (C=O) groups is 1. The molecule has 0 amide bonds. The molecule has 1 heterocycles. The van der Waals surface area contributed by atoms with E-state index in [-0.39, 0.29) is 5.56 Å². The summed E-state index contributed by atoms with van der Waals surface area (Å²) >= 11 is 0. The number of methoxy groups -OCH3 is 1. The van der Waals surface area contributed by atoms with Gasteiger partial charge in [0.25, 0.3) is 0 Å². The van der Waals surface area contributed by atoms with E-state index in [1.54, 1.807) is 12.1 Å². The monoisotopic (exact) mass is 265 g/mol. The lowest BCUT2D eigenvalue weighted by Gasteiger charge is -2.33. The molecule has 5 heteroatoms. The molecule has 0 saturated carbocycles. The minimum absolute atomic E-state index is 0.209. The lowest BCUT2D eigenvalue weighted by molar-refractivity contribution is -0.00439. The van der Waals surface area contributed by atoms with Crippen LogP contribution in [0.15, 0.2) is 18.2 Å². The maximum atomic E-state index is 11.2. The van der Waals surface area contributed by atoms with Gasteiger partial charge in [-0.1, -0.05) is 6.07 Å². The van der Waals surface area contributed by atoms with E-state index in [1.807, 2.05) is 6.07 Å². The third-order valence-corrected chi connectivity index (χ3v) is 3.39. The average molecular weight is 265 g/mol. The van der Waals surface area contributed by atoms with Crippen LogP contribution in [-0.2, 0) is 11.3 Å². The zero-order valence-corrected chi connectivity index (χ0v) is 11.3. The van der Waals surface area contributed by atoms with Crippen molar-refractivity contribution in [2.24, 2.45) is 0 Å². The van der Waals surface area contributed by atoms with Gasteiger partial charge in [0.2, 0.25) is 0 Å². The number of morpholine rings is 1. The number of nitrogens with zero attached hydrogens (tertiary/aromatic N) is 1. The molecule has 1 unspecified atom stereocenters. The van der Waals surface area contributed by atoms with Crippen LogP contribution in [0.4, 0.5) is 0 Å². The van der Waals surface area contributed by atoms with Gasteiger partial charge in [-0.3, -0.25) is 4.90 Å². The highest BCUT2D eigenvalue weighted by molar-refractivity contribution is 5.91. The van der Waals surface area contributed by atoms with Crippen LogP contribution >= 0.6 is 0 Å². The predicted molar refractivity (Wildman–Crippen MR) is 70.6 cm³/mol. The maximum absolute atomic E-state index is 11.2. The van der Waals surface area contributed by atoms with Crippen molar-refractivity contribution < 1.29 is 19.4 Å².